The minimum Gasteiger partial charge on any atom is -0.493 e. The van der Waals surface area contributed by atoms with Gasteiger partial charge in [0.15, 0.2) is 0 Å². The number of para-hydroxylation sites is 1. The number of ether oxygens (including phenoxy) is 1. The number of nitrogens with zero attached hydrogens (tertiary/aromatic N) is 2. The minimum absolute atomic E-state index is 0.0174. The number of aliphatic hydroxyl groups excluding tert-OH is 1. The summed E-state index contributed by atoms with van der Waals surface area (Å²) in [7, 11) is 0. The first kappa shape index (κ1) is 18.7. The fourth-order valence-corrected chi connectivity index (χ4v) is 4.19. The molecule has 2 aliphatic heterocycles. The number of fused-ring (bicyclic) bond motifs is 1. The molecule has 142 valence electrons. The third-order valence-corrected chi connectivity index (χ3v) is 5.58. The molecular formula is C20H28N2O4. The molecule has 6 nitrogen and oxygen atoms in total. The average Bonchev–Trinajstić information content (AvgIpc) is 3.15. The molecule has 2 amide bonds. The van der Waals surface area contributed by atoms with Crippen molar-refractivity contribution in [2.45, 2.75) is 20.8 Å². The number of hydrogen-bond donors (Lipinski definition) is 1. The summed E-state index contributed by atoms with van der Waals surface area (Å²) in [5, 5.41) is 10.1. The molecule has 0 saturated carbocycles. The molecule has 0 aliphatic carbocycles. The van der Waals surface area contributed by atoms with Gasteiger partial charge in [-0.1, -0.05) is 26.0 Å². The number of aliphatic hydroxyl groups is 1. The third-order valence-electron chi connectivity index (χ3n) is 5.58. The topological polar surface area (TPSA) is 70.1 Å². The van der Waals surface area contributed by atoms with Crippen molar-refractivity contribution in [3.8, 4) is 5.75 Å². The van der Waals surface area contributed by atoms with Gasteiger partial charge < -0.3 is 19.6 Å². The molecular weight excluding hydrogens is 332 g/mol. The molecule has 2 fully saturated rings. The van der Waals surface area contributed by atoms with Crippen LogP contribution in [0, 0.1) is 17.3 Å². The van der Waals surface area contributed by atoms with E-state index in [9.17, 15) is 14.7 Å². The van der Waals surface area contributed by atoms with Crippen LogP contribution in [-0.2, 0) is 4.79 Å². The van der Waals surface area contributed by atoms with Gasteiger partial charge in [0.05, 0.1) is 18.8 Å². The molecule has 1 aromatic carbocycles. The molecule has 0 bridgehead atoms. The van der Waals surface area contributed by atoms with Crippen LogP contribution in [-0.4, -0.2) is 66.1 Å². The van der Waals surface area contributed by atoms with Gasteiger partial charge in [-0.15, -0.1) is 0 Å². The van der Waals surface area contributed by atoms with Gasteiger partial charge in [0.2, 0.25) is 5.91 Å². The van der Waals surface area contributed by atoms with Gasteiger partial charge in [0, 0.05) is 43.4 Å². The van der Waals surface area contributed by atoms with Crippen molar-refractivity contribution in [2.24, 2.45) is 17.3 Å². The van der Waals surface area contributed by atoms with Gasteiger partial charge in [-0.3, -0.25) is 9.59 Å². The Kier molecular flexibility index (Phi) is 5.23. The van der Waals surface area contributed by atoms with Crippen LogP contribution in [0.4, 0.5) is 0 Å². The molecule has 0 radical (unpaired) electrons. The molecule has 1 N–H and O–H groups in total. The van der Waals surface area contributed by atoms with E-state index >= 15 is 0 Å². The predicted octanol–water partition coefficient (Wildman–Crippen LogP) is 1.63. The average molecular weight is 360 g/mol. The maximum atomic E-state index is 13.0. The highest BCUT2D eigenvalue weighted by molar-refractivity contribution is 5.97. The lowest BCUT2D eigenvalue weighted by Crippen LogP contribution is -2.41. The normalized spacial score (nSPS) is 24.9. The second kappa shape index (κ2) is 7.27. The Morgan fingerprint density at radius 3 is 2.50 bits per heavy atom. The SMILES string of the molecule is CCOc1ccccc1C(=O)N1C[C@H]2CN(C(=O)C(C)C)C[C@@]2(CO)C1. The molecule has 1 aromatic rings. The largest absolute Gasteiger partial charge is 0.493 e. The van der Waals surface area contributed by atoms with E-state index in [-0.39, 0.29) is 30.3 Å². The summed E-state index contributed by atoms with van der Waals surface area (Å²) in [4.78, 5) is 29.0. The van der Waals surface area contributed by atoms with E-state index in [4.69, 9.17) is 4.74 Å². The standard InChI is InChI=1S/C20H28N2O4/c1-4-26-17-8-6-5-7-16(17)19(25)22-10-15-9-21(18(24)14(2)3)11-20(15,12-22)13-23/h5-8,14-15,23H,4,9-13H2,1-3H3/t15-,20+/m1/s1. The number of carbonyl (C=O) groups is 2. The molecule has 0 aromatic heterocycles. The molecule has 2 saturated heterocycles. The molecule has 3 rings (SSSR count). The van der Waals surface area contributed by atoms with Crippen molar-refractivity contribution >= 4 is 11.8 Å². The molecule has 6 heteroatoms. The van der Waals surface area contributed by atoms with E-state index in [0.29, 0.717) is 44.1 Å². The van der Waals surface area contributed by atoms with Crippen molar-refractivity contribution < 1.29 is 19.4 Å². The number of amides is 2. The summed E-state index contributed by atoms with van der Waals surface area (Å²) in [5.41, 5.74) is 0.137. The zero-order chi connectivity index (χ0) is 18.9. The first-order valence-corrected chi connectivity index (χ1v) is 9.32. The van der Waals surface area contributed by atoms with Crippen LogP contribution < -0.4 is 4.74 Å². The van der Waals surface area contributed by atoms with E-state index in [0.717, 1.165) is 0 Å². The van der Waals surface area contributed by atoms with Crippen molar-refractivity contribution in [1.82, 2.24) is 9.80 Å². The molecule has 0 unspecified atom stereocenters. The quantitative estimate of drug-likeness (QED) is 0.867. The highest BCUT2D eigenvalue weighted by Crippen LogP contribution is 2.43. The molecule has 0 spiro atoms. The lowest BCUT2D eigenvalue weighted by atomic mass is 9.82. The molecule has 2 atom stereocenters. The van der Waals surface area contributed by atoms with Crippen LogP contribution in [0.2, 0.25) is 0 Å². The number of benzene rings is 1. The summed E-state index contributed by atoms with van der Waals surface area (Å²) in [6.07, 6.45) is 0. The maximum Gasteiger partial charge on any atom is 0.257 e. The smallest absolute Gasteiger partial charge is 0.257 e. The van der Waals surface area contributed by atoms with Crippen LogP contribution in [0.3, 0.4) is 0 Å². The number of likely N-dealkylation sites (tertiary alicyclic amines) is 2. The Bertz CT molecular complexity index is 690. The summed E-state index contributed by atoms with van der Waals surface area (Å²) >= 11 is 0. The zero-order valence-corrected chi connectivity index (χ0v) is 15.8. The van der Waals surface area contributed by atoms with Crippen LogP contribution >= 0.6 is 0 Å². The number of rotatable bonds is 5. The van der Waals surface area contributed by atoms with Crippen molar-refractivity contribution in [3.05, 3.63) is 29.8 Å². The van der Waals surface area contributed by atoms with Gasteiger partial charge in [0.1, 0.15) is 5.75 Å². The maximum absolute atomic E-state index is 13.0. The van der Waals surface area contributed by atoms with Crippen molar-refractivity contribution in [3.63, 3.8) is 0 Å². The molecule has 26 heavy (non-hydrogen) atoms. The zero-order valence-electron chi connectivity index (χ0n) is 15.8. The summed E-state index contributed by atoms with van der Waals surface area (Å²) in [6, 6.07) is 7.27. The van der Waals surface area contributed by atoms with Gasteiger partial charge in [0.25, 0.3) is 5.91 Å². The highest BCUT2D eigenvalue weighted by atomic mass is 16.5. The van der Waals surface area contributed by atoms with Crippen LogP contribution in [0.5, 0.6) is 5.75 Å². The summed E-state index contributed by atoms with van der Waals surface area (Å²) in [6.45, 7) is 8.30. The number of carbonyl (C=O) groups excluding carboxylic acids is 2. The number of hydrogen-bond acceptors (Lipinski definition) is 4. The third kappa shape index (κ3) is 3.18. The first-order chi connectivity index (χ1) is 12.4. The predicted molar refractivity (Wildman–Crippen MR) is 97.9 cm³/mol. The fraction of sp³-hybridized carbons (Fsp3) is 0.600. The lowest BCUT2D eigenvalue weighted by Gasteiger charge is -2.28. The van der Waals surface area contributed by atoms with Crippen LogP contribution in [0.25, 0.3) is 0 Å². The van der Waals surface area contributed by atoms with E-state index in [1.807, 2.05) is 37.8 Å². The van der Waals surface area contributed by atoms with Gasteiger partial charge in [-0.2, -0.15) is 0 Å². The second-order valence-corrected chi connectivity index (χ2v) is 7.71. The summed E-state index contributed by atoms with van der Waals surface area (Å²) < 4.78 is 5.59. The van der Waals surface area contributed by atoms with Crippen LogP contribution in [0.15, 0.2) is 24.3 Å². The molecule has 2 heterocycles. The van der Waals surface area contributed by atoms with Gasteiger partial charge in [-0.25, -0.2) is 0 Å². The fourth-order valence-electron chi connectivity index (χ4n) is 4.19. The Labute approximate surface area is 154 Å². The lowest BCUT2D eigenvalue weighted by molar-refractivity contribution is -0.134. The first-order valence-electron chi connectivity index (χ1n) is 9.32. The van der Waals surface area contributed by atoms with Gasteiger partial charge >= 0.3 is 0 Å². The Morgan fingerprint density at radius 2 is 1.88 bits per heavy atom. The molecule has 2 aliphatic rings. The Balaban J connectivity index is 1.77. The van der Waals surface area contributed by atoms with Gasteiger partial charge in [-0.05, 0) is 19.1 Å². The Hall–Kier alpha value is -2.08. The minimum atomic E-state index is -0.416. The van der Waals surface area contributed by atoms with E-state index in [2.05, 4.69) is 0 Å². The highest BCUT2D eigenvalue weighted by Gasteiger charge is 2.54. The second-order valence-electron chi connectivity index (χ2n) is 7.71. The Morgan fingerprint density at radius 1 is 1.23 bits per heavy atom. The summed E-state index contributed by atoms with van der Waals surface area (Å²) in [5.74, 6) is 0.690. The monoisotopic (exact) mass is 360 g/mol. The van der Waals surface area contributed by atoms with E-state index in [1.54, 1.807) is 17.0 Å². The van der Waals surface area contributed by atoms with E-state index in [1.165, 1.54) is 0 Å². The van der Waals surface area contributed by atoms with E-state index < -0.39 is 5.41 Å². The van der Waals surface area contributed by atoms with Crippen molar-refractivity contribution in [1.29, 1.82) is 0 Å². The van der Waals surface area contributed by atoms with Crippen LogP contribution in [0.1, 0.15) is 31.1 Å². The van der Waals surface area contributed by atoms with Crippen molar-refractivity contribution in [2.75, 3.05) is 39.4 Å².